The minimum atomic E-state index is -0.145. The smallest absolute Gasteiger partial charge is 0.409 e. The van der Waals surface area contributed by atoms with Crippen molar-refractivity contribution < 1.29 is 14.3 Å². The molecule has 0 aromatic carbocycles. The molecular formula is C23H43N3O3. The van der Waals surface area contributed by atoms with Crippen LogP contribution in [0.25, 0.3) is 0 Å². The lowest BCUT2D eigenvalue weighted by Gasteiger charge is -2.46. The Morgan fingerprint density at radius 3 is 2.41 bits per heavy atom. The van der Waals surface area contributed by atoms with Crippen molar-refractivity contribution in [2.24, 2.45) is 0 Å². The van der Waals surface area contributed by atoms with Gasteiger partial charge in [-0.05, 0) is 80.7 Å². The van der Waals surface area contributed by atoms with Crippen LogP contribution in [0.1, 0.15) is 74.1 Å². The van der Waals surface area contributed by atoms with Crippen molar-refractivity contribution >= 4 is 6.09 Å². The molecule has 6 nitrogen and oxygen atoms in total. The van der Waals surface area contributed by atoms with Crippen LogP contribution in [0, 0.1) is 0 Å². The monoisotopic (exact) mass is 409 g/mol. The van der Waals surface area contributed by atoms with Crippen LogP contribution in [0.3, 0.4) is 0 Å². The second-order valence-corrected chi connectivity index (χ2v) is 11.4. The van der Waals surface area contributed by atoms with E-state index in [0.29, 0.717) is 18.7 Å². The molecule has 3 rings (SSSR count). The van der Waals surface area contributed by atoms with E-state index < -0.39 is 0 Å². The highest BCUT2D eigenvalue weighted by Crippen LogP contribution is 2.43. The molecule has 3 saturated heterocycles. The van der Waals surface area contributed by atoms with E-state index in [4.69, 9.17) is 9.47 Å². The zero-order chi connectivity index (χ0) is 21.4. The van der Waals surface area contributed by atoms with Crippen LogP contribution in [-0.4, -0.2) is 88.9 Å². The molecule has 0 aromatic heterocycles. The van der Waals surface area contributed by atoms with Crippen molar-refractivity contribution in [3.8, 4) is 0 Å². The SMILES string of the molecule is CC1CN(C(=O)OCC2CCC3(COC(C)(C)C)CCCN23)CCN1C(C)(C)C. The predicted octanol–water partition coefficient (Wildman–Crippen LogP) is 3.74. The summed E-state index contributed by atoms with van der Waals surface area (Å²) in [6, 6.07) is 0.682. The molecule has 3 heterocycles. The number of nitrogens with zero attached hydrogens (tertiary/aromatic N) is 3. The molecule has 3 aliphatic rings. The molecule has 29 heavy (non-hydrogen) atoms. The Balaban J connectivity index is 1.50. The van der Waals surface area contributed by atoms with Gasteiger partial charge in [-0.3, -0.25) is 9.80 Å². The lowest BCUT2D eigenvalue weighted by molar-refractivity contribution is -0.0598. The average Bonchev–Trinajstić information content (AvgIpc) is 3.15. The Morgan fingerprint density at radius 1 is 1.07 bits per heavy atom. The first kappa shape index (κ1) is 22.8. The molecule has 0 aromatic rings. The van der Waals surface area contributed by atoms with Crippen molar-refractivity contribution in [3.05, 3.63) is 0 Å². The molecule has 0 radical (unpaired) electrons. The van der Waals surface area contributed by atoms with E-state index in [1.807, 2.05) is 4.90 Å². The van der Waals surface area contributed by atoms with E-state index in [0.717, 1.165) is 45.6 Å². The fourth-order valence-electron chi connectivity index (χ4n) is 5.52. The molecule has 3 aliphatic heterocycles. The van der Waals surface area contributed by atoms with Gasteiger partial charge < -0.3 is 14.4 Å². The molecular weight excluding hydrogens is 366 g/mol. The van der Waals surface area contributed by atoms with E-state index in [1.165, 1.54) is 12.8 Å². The van der Waals surface area contributed by atoms with Crippen LogP contribution in [0.5, 0.6) is 0 Å². The van der Waals surface area contributed by atoms with Gasteiger partial charge in [0.05, 0.1) is 12.2 Å². The third-order valence-electron chi connectivity index (χ3n) is 6.95. The summed E-state index contributed by atoms with van der Waals surface area (Å²) in [4.78, 5) is 19.7. The number of rotatable bonds is 4. The first-order chi connectivity index (χ1) is 13.4. The summed E-state index contributed by atoms with van der Waals surface area (Å²) in [5.74, 6) is 0. The molecule has 3 unspecified atom stereocenters. The van der Waals surface area contributed by atoms with Crippen LogP contribution in [0.4, 0.5) is 4.79 Å². The van der Waals surface area contributed by atoms with E-state index in [1.54, 1.807) is 0 Å². The van der Waals surface area contributed by atoms with Crippen LogP contribution in [0.2, 0.25) is 0 Å². The number of piperazine rings is 1. The first-order valence-electron chi connectivity index (χ1n) is 11.5. The Kier molecular flexibility index (Phi) is 6.57. The summed E-state index contributed by atoms with van der Waals surface area (Å²) in [5, 5.41) is 0. The normalized spacial score (nSPS) is 31.9. The largest absolute Gasteiger partial charge is 0.448 e. The fourth-order valence-corrected chi connectivity index (χ4v) is 5.52. The molecule has 3 fully saturated rings. The number of amides is 1. The molecule has 3 atom stereocenters. The number of hydrogen-bond donors (Lipinski definition) is 0. The van der Waals surface area contributed by atoms with Gasteiger partial charge in [0.25, 0.3) is 0 Å². The number of carbonyl (C=O) groups excluding carboxylic acids is 1. The van der Waals surface area contributed by atoms with E-state index in [9.17, 15) is 4.79 Å². The third-order valence-corrected chi connectivity index (χ3v) is 6.95. The standard InChI is InChI=1S/C23H43N3O3/c1-18-15-24(13-14-25(18)21(2,3)4)20(27)28-16-19-9-11-23(10-8-12-26(19)23)17-29-22(5,6)7/h18-19H,8-17H2,1-7H3. The fraction of sp³-hybridized carbons (Fsp3) is 0.957. The summed E-state index contributed by atoms with van der Waals surface area (Å²) in [5.41, 5.74) is 0.171. The summed E-state index contributed by atoms with van der Waals surface area (Å²) in [6.07, 6.45) is 4.50. The maximum atomic E-state index is 12.7. The summed E-state index contributed by atoms with van der Waals surface area (Å²) in [6.45, 7) is 20.1. The minimum absolute atomic E-state index is 0.112. The van der Waals surface area contributed by atoms with Crippen LogP contribution in [-0.2, 0) is 9.47 Å². The van der Waals surface area contributed by atoms with Crippen molar-refractivity contribution in [3.63, 3.8) is 0 Å². The first-order valence-corrected chi connectivity index (χ1v) is 11.5. The van der Waals surface area contributed by atoms with Gasteiger partial charge in [-0.15, -0.1) is 0 Å². The van der Waals surface area contributed by atoms with Gasteiger partial charge >= 0.3 is 6.09 Å². The molecule has 168 valence electrons. The topological polar surface area (TPSA) is 45.3 Å². The lowest BCUT2D eigenvalue weighted by Crippen LogP contribution is -2.59. The Bertz CT molecular complexity index is 583. The van der Waals surface area contributed by atoms with E-state index in [2.05, 4.69) is 58.3 Å². The Hall–Kier alpha value is -0.850. The lowest BCUT2D eigenvalue weighted by atomic mass is 9.95. The van der Waals surface area contributed by atoms with Crippen molar-refractivity contribution in [2.45, 2.75) is 103 Å². The van der Waals surface area contributed by atoms with Gasteiger partial charge in [0.15, 0.2) is 0 Å². The number of hydrogen-bond acceptors (Lipinski definition) is 5. The van der Waals surface area contributed by atoms with Crippen LogP contribution < -0.4 is 0 Å². The molecule has 0 aliphatic carbocycles. The van der Waals surface area contributed by atoms with Gasteiger partial charge in [-0.2, -0.15) is 0 Å². The van der Waals surface area contributed by atoms with Crippen molar-refractivity contribution in [2.75, 3.05) is 39.4 Å². The highest BCUT2D eigenvalue weighted by molar-refractivity contribution is 5.67. The third kappa shape index (κ3) is 5.26. The average molecular weight is 410 g/mol. The second kappa shape index (κ2) is 8.35. The maximum Gasteiger partial charge on any atom is 0.409 e. The molecule has 6 heteroatoms. The van der Waals surface area contributed by atoms with Crippen LogP contribution >= 0.6 is 0 Å². The summed E-state index contributed by atoms with van der Waals surface area (Å²) in [7, 11) is 0. The maximum absolute atomic E-state index is 12.7. The van der Waals surface area contributed by atoms with Crippen LogP contribution in [0.15, 0.2) is 0 Å². The summed E-state index contributed by atoms with van der Waals surface area (Å²) >= 11 is 0. The Labute approximate surface area is 177 Å². The molecule has 0 saturated carbocycles. The summed E-state index contributed by atoms with van der Waals surface area (Å²) < 4.78 is 12.0. The number of carbonyl (C=O) groups is 1. The van der Waals surface area contributed by atoms with Gasteiger partial charge in [-0.25, -0.2) is 4.79 Å². The molecule has 0 spiro atoms. The quantitative estimate of drug-likeness (QED) is 0.708. The highest BCUT2D eigenvalue weighted by Gasteiger charge is 2.50. The van der Waals surface area contributed by atoms with E-state index >= 15 is 0 Å². The molecule has 0 N–H and O–H groups in total. The minimum Gasteiger partial charge on any atom is -0.448 e. The zero-order valence-corrected chi connectivity index (χ0v) is 19.8. The van der Waals surface area contributed by atoms with Crippen molar-refractivity contribution in [1.82, 2.24) is 14.7 Å². The van der Waals surface area contributed by atoms with Gasteiger partial charge in [-0.1, -0.05) is 0 Å². The highest BCUT2D eigenvalue weighted by atomic mass is 16.6. The van der Waals surface area contributed by atoms with Gasteiger partial charge in [0, 0.05) is 42.8 Å². The number of ether oxygens (including phenoxy) is 2. The Morgan fingerprint density at radius 2 is 1.79 bits per heavy atom. The number of fused-ring (bicyclic) bond motifs is 1. The zero-order valence-electron chi connectivity index (χ0n) is 19.8. The molecule has 0 bridgehead atoms. The van der Waals surface area contributed by atoms with Crippen molar-refractivity contribution in [1.29, 1.82) is 0 Å². The van der Waals surface area contributed by atoms with Gasteiger partial charge in [0.2, 0.25) is 0 Å². The predicted molar refractivity (Wildman–Crippen MR) is 116 cm³/mol. The van der Waals surface area contributed by atoms with Gasteiger partial charge in [0.1, 0.15) is 6.61 Å². The van der Waals surface area contributed by atoms with E-state index in [-0.39, 0.29) is 22.8 Å². The second-order valence-electron chi connectivity index (χ2n) is 11.4. The molecule has 1 amide bonds.